The highest BCUT2D eigenvalue weighted by molar-refractivity contribution is 6.01. The number of hydrogen-bond acceptors (Lipinski definition) is 4. The molecule has 1 atom stereocenters. The Morgan fingerprint density at radius 2 is 2.05 bits per heavy atom. The molecule has 0 saturated heterocycles. The molecule has 0 bridgehead atoms. The topological polar surface area (TPSA) is 66.4 Å². The molecule has 0 fully saturated rings. The lowest BCUT2D eigenvalue weighted by Crippen LogP contribution is -2.29. The van der Waals surface area contributed by atoms with Gasteiger partial charge in [-0.2, -0.15) is 0 Å². The van der Waals surface area contributed by atoms with Crippen LogP contribution in [0.4, 0.5) is 0 Å². The van der Waals surface area contributed by atoms with Crippen LogP contribution in [0.2, 0.25) is 0 Å². The normalized spacial score (nSPS) is 18.6. The van der Waals surface area contributed by atoms with E-state index in [9.17, 15) is 14.7 Å². The molecule has 4 nitrogen and oxygen atoms in total. The predicted molar refractivity (Wildman–Crippen MR) is 72.9 cm³/mol. The van der Waals surface area contributed by atoms with Crippen LogP contribution in [0.25, 0.3) is 5.57 Å². The molecule has 1 aromatic carbocycles. The fourth-order valence-electron chi connectivity index (χ4n) is 2.40. The third kappa shape index (κ3) is 3.47. The average molecular weight is 273 g/mol. The Morgan fingerprint density at radius 3 is 2.60 bits per heavy atom. The highest BCUT2D eigenvalue weighted by Gasteiger charge is 2.22. The van der Waals surface area contributed by atoms with Gasteiger partial charge in [0, 0.05) is 11.9 Å². The summed E-state index contributed by atoms with van der Waals surface area (Å²) in [5, 5.41) is 10.6. The van der Waals surface area contributed by atoms with Crippen LogP contribution in [0.15, 0.2) is 30.3 Å². The first-order chi connectivity index (χ1) is 9.60. The van der Waals surface area contributed by atoms with Gasteiger partial charge >= 0.3 is 0 Å². The maximum atomic E-state index is 11.9. The van der Waals surface area contributed by atoms with Gasteiger partial charge in [-0.1, -0.05) is 12.1 Å². The molecule has 0 aromatic heterocycles. The maximum absolute atomic E-state index is 11.9. The fraction of sp³-hybridized carbons (Fsp3) is 0.375. The van der Waals surface area contributed by atoms with Crippen molar-refractivity contribution in [3.8, 4) is 5.75 Å². The SMILES string of the molecule is CCOc1ccc(C2=CC(=O)[C@@H](CC(=O)[O-])CC2)cc1. The van der Waals surface area contributed by atoms with E-state index < -0.39 is 11.9 Å². The number of carbonyl (C=O) groups excluding carboxylic acids is 2. The zero-order valence-corrected chi connectivity index (χ0v) is 11.4. The Balaban J connectivity index is 2.10. The number of ether oxygens (including phenoxy) is 1. The Morgan fingerprint density at radius 1 is 1.35 bits per heavy atom. The average Bonchev–Trinajstić information content (AvgIpc) is 2.42. The summed E-state index contributed by atoms with van der Waals surface area (Å²) in [6.45, 7) is 2.54. The number of allylic oxidation sites excluding steroid dienone is 2. The van der Waals surface area contributed by atoms with Crippen molar-refractivity contribution in [2.75, 3.05) is 6.61 Å². The number of carboxylic acids is 1. The summed E-state index contributed by atoms with van der Waals surface area (Å²) in [5.74, 6) is -0.925. The van der Waals surface area contributed by atoms with E-state index in [0.717, 1.165) is 16.9 Å². The summed E-state index contributed by atoms with van der Waals surface area (Å²) in [7, 11) is 0. The Hall–Kier alpha value is -2.10. The quantitative estimate of drug-likeness (QED) is 0.817. The molecule has 106 valence electrons. The summed E-state index contributed by atoms with van der Waals surface area (Å²) < 4.78 is 5.37. The molecule has 2 rings (SSSR count). The molecule has 4 heteroatoms. The van der Waals surface area contributed by atoms with Crippen molar-refractivity contribution < 1.29 is 19.4 Å². The van der Waals surface area contributed by atoms with Crippen molar-refractivity contribution in [3.63, 3.8) is 0 Å². The van der Waals surface area contributed by atoms with Gasteiger partial charge in [0.05, 0.1) is 6.61 Å². The van der Waals surface area contributed by atoms with Gasteiger partial charge in [-0.05, 0) is 55.5 Å². The van der Waals surface area contributed by atoms with Crippen LogP contribution in [0.5, 0.6) is 5.75 Å². The molecule has 0 heterocycles. The molecule has 0 N–H and O–H groups in total. The Kier molecular flexibility index (Phi) is 4.56. The molecule has 0 radical (unpaired) electrons. The van der Waals surface area contributed by atoms with Crippen LogP contribution < -0.4 is 9.84 Å². The van der Waals surface area contributed by atoms with E-state index in [1.807, 2.05) is 31.2 Å². The summed E-state index contributed by atoms with van der Waals surface area (Å²) in [6.07, 6.45) is 2.64. The third-order valence-electron chi connectivity index (χ3n) is 3.43. The van der Waals surface area contributed by atoms with Crippen LogP contribution >= 0.6 is 0 Å². The first-order valence-corrected chi connectivity index (χ1v) is 6.77. The minimum absolute atomic E-state index is 0.121. The first-order valence-electron chi connectivity index (χ1n) is 6.77. The second-order valence-electron chi connectivity index (χ2n) is 4.84. The number of ketones is 1. The Labute approximate surface area is 118 Å². The highest BCUT2D eigenvalue weighted by atomic mass is 16.5. The summed E-state index contributed by atoms with van der Waals surface area (Å²) in [5.41, 5.74) is 1.93. The molecule has 0 unspecified atom stereocenters. The third-order valence-corrected chi connectivity index (χ3v) is 3.43. The van der Waals surface area contributed by atoms with E-state index >= 15 is 0 Å². The first kappa shape index (κ1) is 14.3. The molecular formula is C16H17O4-. The monoisotopic (exact) mass is 273 g/mol. The van der Waals surface area contributed by atoms with Crippen LogP contribution in [0, 0.1) is 5.92 Å². The number of carbonyl (C=O) groups is 2. The van der Waals surface area contributed by atoms with Gasteiger partial charge in [-0.3, -0.25) is 4.79 Å². The molecule has 0 aliphatic heterocycles. The van der Waals surface area contributed by atoms with E-state index in [0.29, 0.717) is 19.4 Å². The van der Waals surface area contributed by atoms with E-state index in [1.165, 1.54) is 0 Å². The predicted octanol–water partition coefficient (Wildman–Crippen LogP) is 1.59. The maximum Gasteiger partial charge on any atom is 0.159 e. The molecule has 1 aliphatic carbocycles. The van der Waals surface area contributed by atoms with Crippen molar-refractivity contribution in [2.45, 2.75) is 26.2 Å². The summed E-state index contributed by atoms with van der Waals surface area (Å²) in [4.78, 5) is 22.5. The largest absolute Gasteiger partial charge is 0.550 e. The van der Waals surface area contributed by atoms with Gasteiger partial charge in [-0.15, -0.1) is 0 Å². The lowest BCUT2D eigenvalue weighted by atomic mass is 9.84. The van der Waals surface area contributed by atoms with Crippen LogP contribution in [0.1, 0.15) is 31.7 Å². The minimum atomic E-state index is -1.17. The molecule has 1 aliphatic rings. The fourth-order valence-corrected chi connectivity index (χ4v) is 2.40. The van der Waals surface area contributed by atoms with Crippen LogP contribution in [0.3, 0.4) is 0 Å². The van der Waals surface area contributed by atoms with Gasteiger partial charge in [-0.25, -0.2) is 0 Å². The van der Waals surface area contributed by atoms with Crippen molar-refractivity contribution in [2.24, 2.45) is 5.92 Å². The van der Waals surface area contributed by atoms with Crippen molar-refractivity contribution in [1.82, 2.24) is 0 Å². The van der Waals surface area contributed by atoms with Gasteiger partial charge in [0.15, 0.2) is 5.78 Å². The lowest BCUT2D eigenvalue weighted by Gasteiger charge is -2.21. The van der Waals surface area contributed by atoms with Crippen molar-refractivity contribution in [1.29, 1.82) is 0 Å². The summed E-state index contributed by atoms with van der Waals surface area (Å²) >= 11 is 0. The van der Waals surface area contributed by atoms with Gasteiger partial charge in [0.1, 0.15) is 5.75 Å². The lowest BCUT2D eigenvalue weighted by molar-refractivity contribution is -0.306. The molecule has 0 spiro atoms. The smallest absolute Gasteiger partial charge is 0.159 e. The zero-order valence-electron chi connectivity index (χ0n) is 11.4. The van der Waals surface area contributed by atoms with Crippen molar-refractivity contribution in [3.05, 3.63) is 35.9 Å². The number of benzene rings is 1. The van der Waals surface area contributed by atoms with E-state index in [4.69, 9.17) is 4.74 Å². The van der Waals surface area contributed by atoms with E-state index in [1.54, 1.807) is 6.08 Å². The van der Waals surface area contributed by atoms with E-state index in [2.05, 4.69) is 0 Å². The second kappa shape index (κ2) is 6.37. The minimum Gasteiger partial charge on any atom is -0.550 e. The van der Waals surface area contributed by atoms with Gasteiger partial charge in [0.25, 0.3) is 0 Å². The molecule has 0 saturated carbocycles. The second-order valence-corrected chi connectivity index (χ2v) is 4.84. The number of aliphatic carboxylic acids is 1. The van der Waals surface area contributed by atoms with Gasteiger partial charge < -0.3 is 14.6 Å². The Bertz CT molecular complexity index is 528. The highest BCUT2D eigenvalue weighted by Crippen LogP contribution is 2.30. The van der Waals surface area contributed by atoms with Crippen LogP contribution in [-0.4, -0.2) is 18.4 Å². The number of rotatable bonds is 5. The molecule has 20 heavy (non-hydrogen) atoms. The van der Waals surface area contributed by atoms with Crippen LogP contribution in [-0.2, 0) is 9.59 Å². The van der Waals surface area contributed by atoms with Crippen molar-refractivity contribution >= 4 is 17.3 Å². The number of carboxylic acid groups (broad SMARTS) is 1. The standard InChI is InChI=1S/C16H18O4/c1-2-20-14-7-5-11(6-8-14)12-3-4-13(10-16(18)19)15(17)9-12/h5-9,13H,2-4,10H2,1H3,(H,18,19)/p-1/t13-/m1/s1. The van der Waals surface area contributed by atoms with E-state index in [-0.39, 0.29) is 12.2 Å². The summed E-state index contributed by atoms with van der Waals surface area (Å²) in [6, 6.07) is 7.58. The molecule has 1 aromatic rings. The zero-order chi connectivity index (χ0) is 14.5. The molecule has 0 amide bonds. The number of hydrogen-bond donors (Lipinski definition) is 0. The van der Waals surface area contributed by atoms with Gasteiger partial charge in [0.2, 0.25) is 0 Å². The molecular weight excluding hydrogens is 256 g/mol.